The predicted molar refractivity (Wildman–Crippen MR) is 63.4 cm³/mol. The number of sulfonamides is 1. The molecular formula is C11H13F2NO4S. The molecule has 0 fully saturated rings. The Bertz CT molecular complexity index is 597. The van der Waals surface area contributed by atoms with E-state index in [9.17, 15) is 22.0 Å². The van der Waals surface area contributed by atoms with Crippen molar-refractivity contribution in [2.45, 2.75) is 18.7 Å². The van der Waals surface area contributed by atoms with Gasteiger partial charge in [0.05, 0.1) is 5.56 Å². The zero-order valence-corrected chi connectivity index (χ0v) is 11.2. The van der Waals surface area contributed by atoms with Crippen LogP contribution >= 0.6 is 0 Å². The van der Waals surface area contributed by atoms with Gasteiger partial charge in [0, 0.05) is 13.1 Å². The van der Waals surface area contributed by atoms with Crippen molar-refractivity contribution < 1.29 is 27.1 Å². The Hall–Kier alpha value is -1.54. The summed E-state index contributed by atoms with van der Waals surface area (Å²) in [6.45, 7) is 3.21. The number of carboxylic acids is 1. The topological polar surface area (TPSA) is 74.7 Å². The van der Waals surface area contributed by atoms with Crippen molar-refractivity contribution in [3.63, 3.8) is 0 Å². The van der Waals surface area contributed by atoms with Crippen molar-refractivity contribution in [2.75, 3.05) is 13.1 Å². The summed E-state index contributed by atoms with van der Waals surface area (Å²) in [5.41, 5.74) is -0.621. The average molecular weight is 293 g/mol. The van der Waals surface area contributed by atoms with Gasteiger partial charge >= 0.3 is 5.97 Å². The first-order valence-corrected chi connectivity index (χ1v) is 6.92. The zero-order valence-electron chi connectivity index (χ0n) is 10.4. The zero-order chi connectivity index (χ0) is 14.8. The molecule has 0 aliphatic heterocycles. The van der Waals surface area contributed by atoms with Crippen LogP contribution in [-0.4, -0.2) is 36.9 Å². The van der Waals surface area contributed by atoms with Crippen LogP contribution in [0.3, 0.4) is 0 Å². The SMILES string of the molecule is CCN(CC)S(=O)(=O)c1cc(C(=O)O)cc(F)c1F. The molecule has 0 aliphatic carbocycles. The fraction of sp³-hybridized carbons (Fsp3) is 0.364. The molecular weight excluding hydrogens is 280 g/mol. The van der Waals surface area contributed by atoms with Crippen LogP contribution < -0.4 is 0 Å². The van der Waals surface area contributed by atoms with Gasteiger partial charge in [-0.15, -0.1) is 0 Å². The van der Waals surface area contributed by atoms with E-state index in [4.69, 9.17) is 5.11 Å². The fourth-order valence-electron chi connectivity index (χ4n) is 1.58. The van der Waals surface area contributed by atoms with E-state index < -0.39 is 38.1 Å². The third-order valence-electron chi connectivity index (χ3n) is 2.57. The number of aromatic carboxylic acids is 1. The smallest absolute Gasteiger partial charge is 0.335 e. The lowest BCUT2D eigenvalue weighted by Gasteiger charge is -2.19. The first kappa shape index (κ1) is 15.5. The second kappa shape index (κ2) is 5.62. The summed E-state index contributed by atoms with van der Waals surface area (Å²) in [5, 5.41) is 8.75. The minimum atomic E-state index is -4.26. The maximum Gasteiger partial charge on any atom is 0.335 e. The molecule has 1 N–H and O–H groups in total. The quantitative estimate of drug-likeness (QED) is 0.896. The number of carboxylic acid groups (broad SMARTS) is 1. The lowest BCUT2D eigenvalue weighted by molar-refractivity contribution is 0.0696. The van der Waals surface area contributed by atoms with E-state index in [0.29, 0.717) is 12.1 Å². The number of halogens is 2. The Morgan fingerprint density at radius 3 is 2.21 bits per heavy atom. The summed E-state index contributed by atoms with van der Waals surface area (Å²) in [7, 11) is -4.26. The minimum absolute atomic E-state index is 0.0667. The Labute approximate surface area is 109 Å². The van der Waals surface area contributed by atoms with Crippen LogP contribution in [0.25, 0.3) is 0 Å². The van der Waals surface area contributed by atoms with Crippen molar-refractivity contribution in [1.82, 2.24) is 4.31 Å². The second-order valence-electron chi connectivity index (χ2n) is 3.66. The molecule has 106 valence electrons. The van der Waals surface area contributed by atoms with E-state index in [1.165, 1.54) is 13.8 Å². The van der Waals surface area contributed by atoms with Crippen molar-refractivity contribution >= 4 is 16.0 Å². The molecule has 0 radical (unpaired) electrons. The minimum Gasteiger partial charge on any atom is -0.478 e. The highest BCUT2D eigenvalue weighted by molar-refractivity contribution is 7.89. The van der Waals surface area contributed by atoms with Crippen LogP contribution in [0.1, 0.15) is 24.2 Å². The van der Waals surface area contributed by atoms with Crippen molar-refractivity contribution in [3.05, 3.63) is 29.3 Å². The summed E-state index contributed by atoms with van der Waals surface area (Å²) < 4.78 is 51.9. The molecule has 8 heteroatoms. The van der Waals surface area contributed by atoms with E-state index in [1.54, 1.807) is 0 Å². The lowest BCUT2D eigenvalue weighted by Crippen LogP contribution is -2.31. The fourth-order valence-corrected chi connectivity index (χ4v) is 3.14. The molecule has 0 bridgehead atoms. The van der Waals surface area contributed by atoms with Crippen molar-refractivity contribution in [2.24, 2.45) is 0 Å². The van der Waals surface area contributed by atoms with Gasteiger partial charge in [-0.05, 0) is 12.1 Å². The van der Waals surface area contributed by atoms with Crippen molar-refractivity contribution in [1.29, 1.82) is 0 Å². The highest BCUT2D eigenvalue weighted by Gasteiger charge is 2.28. The number of rotatable bonds is 5. The van der Waals surface area contributed by atoms with Gasteiger partial charge in [0.1, 0.15) is 4.90 Å². The van der Waals surface area contributed by atoms with Crippen molar-refractivity contribution in [3.8, 4) is 0 Å². The summed E-state index contributed by atoms with van der Waals surface area (Å²) >= 11 is 0. The van der Waals surface area contributed by atoms with Crippen LogP contribution in [0.5, 0.6) is 0 Å². The van der Waals surface area contributed by atoms with Gasteiger partial charge in [-0.25, -0.2) is 22.0 Å². The molecule has 1 aromatic rings. The third-order valence-corrected chi connectivity index (χ3v) is 4.61. The van der Waals surface area contributed by atoms with E-state index in [-0.39, 0.29) is 13.1 Å². The monoisotopic (exact) mass is 293 g/mol. The number of hydrogen-bond acceptors (Lipinski definition) is 3. The van der Waals surface area contributed by atoms with Crippen LogP contribution in [0, 0.1) is 11.6 Å². The average Bonchev–Trinajstić information content (AvgIpc) is 2.33. The maximum atomic E-state index is 13.6. The van der Waals surface area contributed by atoms with E-state index in [0.717, 1.165) is 4.31 Å². The van der Waals surface area contributed by atoms with E-state index in [1.807, 2.05) is 0 Å². The molecule has 0 heterocycles. The van der Waals surface area contributed by atoms with Gasteiger partial charge < -0.3 is 5.11 Å². The molecule has 0 saturated heterocycles. The summed E-state index contributed by atoms with van der Waals surface area (Å²) in [4.78, 5) is 9.79. The molecule has 0 spiro atoms. The number of nitrogens with zero attached hydrogens (tertiary/aromatic N) is 1. The molecule has 1 rings (SSSR count). The Kier molecular flexibility index (Phi) is 4.59. The molecule has 0 unspecified atom stereocenters. The molecule has 0 atom stereocenters. The Morgan fingerprint density at radius 2 is 1.79 bits per heavy atom. The summed E-state index contributed by atoms with van der Waals surface area (Å²) in [6, 6.07) is 1.06. The second-order valence-corrected chi connectivity index (χ2v) is 5.57. The first-order chi connectivity index (χ1) is 8.75. The Balaban J connectivity index is 3.54. The van der Waals surface area contributed by atoms with Gasteiger partial charge in [0.2, 0.25) is 10.0 Å². The number of benzene rings is 1. The highest BCUT2D eigenvalue weighted by atomic mass is 32.2. The number of carbonyl (C=O) groups is 1. The number of hydrogen-bond donors (Lipinski definition) is 1. The standard InChI is InChI=1S/C11H13F2NO4S/c1-3-14(4-2)19(17,18)9-6-7(11(15)16)5-8(12)10(9)13/h5-6H,3-4H2,1-2H3,(H,15,16). The van der Waals surface area contributed by atoms with Crippen LogP contribution in [0.2, 0.25) is 0 Å². The molecule has 0 amide bonds. The Morgan fingerprint density at radius 1 is 1.26 bits per heavy atom. The summed E-state index contributed by atoms with van der Waals surface area (Å²) in [6.07, 6.45) is 0. The lowest BCUT2D eigenvalue weighted by atomic mass is 10.2. The van der Waals surface area contributed by atoms with E-state index >= 15 is 0 Å². The van der Waals surface area contributed by atoms with Gasteiger partial charge in [0.25, 0.3) is 0 Å². The molecule has 0 aromatic heterocycles. The van der Waals surface area contributed by atoms with Gasteiger partial charge in [-0.3, -0.25) is 0 Å². The predicted octanol–water partition coefficient (Wildman–Crippen LogP) is 1.69. The third kappa shape index (κ3) is 2.90. The molecule has 1 aromatic carbocycles. The molecule has 5 nitrogen and oxygen atoms in total. The highest BCUT2D eigenvalue weighted by Crippen LogP contribution is 2.23. The van der Waals surface area contributed by atoms with Crippen LogP contribution in [0.15, 0.2) is 17.0 Å². The van der Waals surface area contributed by atoms with Gasteiger partial charge in [-0.1, -0.05) is 13.8 Å². The molecule has 0 aliphatic rings. The van der Waals surface area contributed by atoms with Gasteiger partial charge in [-0.2, -0.15) is 4.31 Å². The van der Waals surface area contributed by atoms with Crippen LogP contribution in [-0.2, 0) is 10.0 Å². The first-order valence-electron chi connectivity index (χ1n) is 5.48. The van der Waals surface area contributed by atoms with Gasteiger partial charge in [0.15, 0.2) is 11.6 Å². The largest absolute Gasteiger partial charge is 0.478 e. The molecule has 0 saturated carbocycles. The summed E-state index contributed by atoms with van der Waals surface area (Å²) in [5.74, 6) is -4.61. The van der Waals surface area contributed by atoms with Crippen LogP contribution in [0.4, 0.5) is 8.78 Å². The maximum absolute atomic E-state index is 13.6. The molecule has 19 heavy (non-hydrogen) atoms. The van der Waals surface area contributed by atoms with E-state index in [2.05, 4.69) is 0 Å². The normalized spacial score (nSPS) is 11.8.